The van der Waals surface area contributed by atoms with Gasteiger partial charge >= 0.3 is 19.9 Å². The highest BCUT2D eigenvalue weighted by Gasteiger charge is 2.45. The second-order valence-electron chi connectivity index (χ2n) is 13.2. The number of carbonyl (C=O) groups excluding carboxylic acids is 2. The van der Waals surface area contributed by atoms with Crippen molar-refractivity contribution < 1.29 is 41.9 Å². The van der Waals surface area contributed by atoms with Crippen LogP contribution >= 0.6 is 7.82 Å². The molecule has 0 aromatic heterocycles. The number of esters is 1. The van der Waals surface area contributed by atoms with Gasteiger partial charge in [-0.05, 0) is 92.6 Å². The molecule has 0 unspecified atom stereocenters. The lowest BCUT2D eigenvalue weighted by molar-refractivity contribution is -0.156. The molecule has 1 aliphatic rings. The Morgan fingerprint density at radius 2 is 1.48 bits per heavy atom. The van der Waals surface area contributed by atoms with Gasteiger partial charge in [0.15, 0.2) is 0 Å². The minimum Gasteiger partial charge on any atom is -0.459 e. The maximum Gasteiger partial charge on any atom is 0.478 e. The first-order valence-corrected chi connectivity index (χ1v) is 15.2. The smallest absolute Gasteiger partial charge is 0.459 e. The summed E-state index contributed by atoms with van der Waals surface area (Å²) in [6.07, 6.45) is 1.72. The number of hydrogen-bond donors (Lipinski definition) is 0. The topological polar surface area (TPSA) is 110 Å². The third-order valence-corrected chi connectivity index (χ3v) is 7.50. The summed E-state index contributed by atoms with van der Waals surface area (Å²) in [6.45, 7) is 15.9. The monoisotopic (exact) mass is 585 g/mol. The van der Waals surface area contributed by atoms with E-state index in [4.69, 9.17) is 27.8 Å². The Labute approximate surface area is 239 Å². The van der Waals surface area contributed by atoms with E-state index in [-0.39, 0.29) is 18.5 Å². The van der Waals surface area contributed by atoms with Crippen LogP contribution in [-0.4, -0.2) is 60.3 Å². The van der Waals surface area contributed by atoms with Crippen LogP contribution in [0.25, 0.3) is 0 Å². The average Bonchev–Trinajstić information content (AvgIpc) is 3.52. The number of carbonyl (C=O) groups is 2. The molecule has 0 heterocycles. The van der Waals surface area contributed by atoms with E-state index in [1.165, 1.54) is 4.90 Å². The molecule has 1 amide bonds. The predicted octanol–water partition coefficient (Wildman–Crippen LogP) is 6.87. The molecule has 10 nitrogen and oxygen atoms in total. The van der Waals surface area contributed by atoms with Gasteiger partial charge in [0.1, 0.15) is 12.1 Å². The zero-order valence-corrected chi connectivity index (χ0v) is 26.5. The lowest BCUT2D eigenvalue weighted by Gasteiger charge is -2.31. The van der Waals surface area contributed by atoms with Crippen LogP contribution in [0.15, 0.2) is 30.3 Å². The van der Waals surface area contributed by atoms with Gasteiger partial charge in [-0.2, -0.15) is 0 Å². The van der Waals surface area contributed by atoms with E-state index < -0.39 is 43.5 Å². The van der Waals surface area contributed by atoms with Crippen LogP contribution in [0.5, 0.6) is 0 Å². The number of hydrogen-bond acceptors (Lipinski definition) is 9. The summed E-state index contributed by atoms with van der Waals surface area (Å²) in [6, 6.07) is 9.90. The van der Waals surface area contributed by atoms with Crippen LogP contribution in [0.1, 0.15) is 87.1 Å². The minimum absolute atomic E-state index is 0.182. The maximum absolute atomic E-state index is 13.3. The number of phosphoric ester groups is 1. The molecule has 1 aromatic carbocycles. The number of rotatable bonds is 14. The molecule has 228 valence electrons. The van der Waals surface area contributed by atoms with Crippen molar-refractivity contribution in [2.45, 2.75) is 105 Å². The first-order chi connectivity index (χ1) is 18.3. The molecule has 1 aromatic rings. The Balaban J connectivity index is 2.02. The Kier molecular flexibility index (Phi) is 11.8. The number of benzene rings is 1. The van der Waals surface area contributed by atoms with Crippen molar-refractivity contribution in [3.63, 3.8) is 0 Å². The lowest BCUT2D eigenvalue weighted by atomic mass is 10.0. The van der Waals surface area contributed by atoms with Crippen LogP contribution in [0.4, 0.5) is 4.79 Å². The van der Waals surface area contributed by atoms with Gasteiger partial charge in [-0.1, -0.05) is 30.3 Å². The van der Waals surface area contributed by atoms with Gasteiger partial charge < -0.3 is 14.2 Å². The quantitative estimate of drug-likeness (QED) is 0.1000. The molecule has 1 saturated carbocycles. The first-order valence-electron chi connectivity index (χ1n) is 13.7. The fraction of sp³-hybridized carbons (Fsp3) is 0.724. The molecule has 0 N–H and O–H groups in total. The summed E-state index contributed by atoms with van der Waals surface area (Å²) in [5, 5.41) is 0. The van der Waals surface area contributed by atoms with Crippen molar-refractivity contribution in [1.29, 1.82) is 0 Å². The number of nitrogens with zero attached hydrogens (tertiary/aromatic N) is 1. The SMILES string of the molecule is CC(C)(C)OC(=O)CN(CC1(CCOCc2ccccc2)CC1)C(=O)OCOP(=O)(OC(C)(C)C)OC(C)(C)C. The number of ether oxygens (including phenoxy) is 3. The van der Waals surface area contributed by atoms with Gasteiger partial charge in [0.05, 0.1) is 17.8 Å². The van der Waals surface area contributed by atoms with Gasteiger partial charge in [0.25, 0.3) is 0 Å². The molecule has 40 heavy (non-hydrogen) atoms. The third-order valence-electron chi connectivity index (χ3n) is 5.53. The summed E-state index contributed by atoms with van der Waals surface area (Å²) in [5.74, 6) is -0.556. The normalized spacial score (nSPS) is 15.4. The standard InChI is InChI=1S/C29H48NO9P/c1-26(2,3)37-24(31)19-30(21-29(15-16-29)17-18-34-20-23-13-11-10-12-14-23)25(32)35-22-36-40(33,38-27(4,5)6)39-28(7,8)9/h10-14H,15-22H2,1-9H3. The minimum atomic E-state index is -4.08. The van der Waals surface area contributed by atoms with Crippen molar-refractivity contribution in [2.24, 2.45) is 5.41 Å². The second-order valence-corrected chi connectivity index (χ2v) is 14.8. The lowest BCUT2D eigenvalue weighted by Crippen LogP contribution is -2.42. The molecule has 2 rings (SSSR count). The molecular weight excluding hydrogens is 537 g/mol. The zero-order valence-electron chi connectivity index (χ0n) is 25.6. The summed E-state index contributed by atoms with van der Waals surface area (Å²) >= 11 is 0. The van der Waals surface area contributed by atoms with Gasteiger partial charge in [-0.15, -0.1) is 0 Å². The van der Waals surface area contributed by atoms with E-state index in [1.54, 1.807) is 62.3 Å². The fourth-order valence-electron chi connectivity index (χ4n) is 3.81. The van der Waals surface area contributed by atoms with Crippen molar-refractivity contribution in [1.82, 2.24) is 4.90 Å². The molecule has 0 bridgehead atoms. The van der Waals surface area contributed by atoms with Crippen LogP contribution in [-0.2, 0) is 43.7 Å². The Bertz CT molecular complexity index is 985. The molecule has 0 radical (unpaired) electrons. The molecule has 0 atom stereocenters. The highest BCUT2D eigenvalue weighted by atomic mass is 31.2. The highest BCUT2D eigenvalue weighted by molar-refractivity contribution is 7.48. The summed E-state index contributed by atoms with van der Waals surface area (Å²) < 4.78 is 46.3. The summed E-state index contributed by atoms with van der Waals surface area (Å²) in [5.41, 5.74) is -1.48. The summed E-state index contributed by atoms with van der Waals surface area (Å²) in [7, 11) is -4.08. The molecule has 1 aliphatic carbocycles. The van der Waals surface area contributed by atoms with E-state index in [0.717, 1.165) is 24.8 Å². The van der Waals surface area contributed by atoms with Gasteiger partial charge in [-0.3, -0.25) is 18.7 Å². The highest BCUT2D eigenvalue weighted by Crippen LogP contribution is 2.55. The van der Waals surface area contributed by atoms with Crippen LogP contribution in [0.2, 0.25) is 0 Å². The fourth-order valence-corrected chi connectivity index (χ4v) is 5.48. The Morgan fingerprint density at radius 3 is 1.98 bits per heavy atom. The van der Waals surface area contributed by atoms with Crippen molar-refractivity contribution in [3.05, 3.63) is 35.9 Å². The van der Waals surface area contributed by atoms with Crippen LogP contribution in [0, 0.1) is 5.41 Å². The van der Waals surface area contributed by atoms with Crippen LogP contribution < -0.4 is 0 Å². The largest absolute Gasteiger partial charge is 0.478 e. The van der Waals surface area contributed by atoms with Crippen molar-refractivity contribution in [3.8, 4) is 0 Å². The van der Waals surface area contributed by atoms with E-state index in [9.17, 15) is 14.2 Å². The summed E-state index contributed by atoms with van der Waals surface area (Å²) in [4.78, 5) is 27.1. The molecule has 0 spiro atoms. The molecule has 0 saturated heterocycles. The van der Waals surface area contributed by atoms with E-state index in [0.29, 0.717) is 13.2 Å². The number of phosphoric acid groups is 1. The predicted molar refractivity (Wildman–Crippen MR) is 152 cm³/mol. The second kappa shape index (κ2) is 13.8. The molecule has 11 heteroatoms. The van der Waals surface area contributed by atoms with Crippen LogP contribution in [0.3, 0.4) is 0 Å². The third kappa shape index (κ3) is 14.1. The average molecular weight is 586 g/mol. The Hall–Kier alpha value is -1.97. The van der Waals surface area contributed by atoms with Gasteiger partial charge in [0.2, 0.25) is 6.79 Å². The van der Waals surface area contributed by atoms with E-state index in [2.05, 4.69) is 0 Å². The number of amides is 1. The molecule has 1 fully saturated rings. The van der Waals surface area contributed by atoms with Gasteiger partial charge in [-0.25, -0.2) is 13.9 Å². The van der Waals surface area contributed by atoms with E-state index >= 15 is 0 Å². The maximum atomic E-state index is 13.3. The van der Waals surface area contributed by atoms with Crippen molar-refractivity contribution >= 4 is 19.9 Å². The zero-order chi connectivity index (χ0) is 30.2. The molecule has 0 aliphatic heterocycles. The Morgan fingerprint density at radius 1 is 0.900 bits per heavy atom. The van der Waals surface area contributed by atoms with Gasteiger partial charge in [0, 0.05) is 13.2 Å². The first kappa shape index (κ1) is 34.2. The van der Waals surface area contributed by atoms with Crippen molar-refractivity contribution in [2.75, 3.05) is 26.5 Å². The van der Waals surface area contributed by atoms with E-state index in [1.807, 2.05) is 30.3 Å². The molecular formula is C29H48NO9P.